The fraction of sp³-hybridized carbons (Fsp3) is 0. The molecule has 0 aliphatic carbocycles. The number of nitrogens with zero attached hydrogens (tertiary/aromatic N) is 2. The number of hydrogen-bond donors (Lipinski definition) is 0. The third-order valence-corrected chi connectivity index (χ3v) is 6.16. The average Bonchev–Trinajstić information content (AvgIpc) is 3.17. The highest BCUT2D eigenvalue weighted by Crippen LogP contribution is 2.38. The van der Waals surface area contributed by atoms with Crippen molar-refractivity contribution in [3.8, 4) is 0 Å². The van der Waals surface area contributed by atoms with Gasteiger partial charge in [0.15, 0.2) is 0 Å². The SMILES string of the molecule is c1ccc2c(c1)ccc1ccc3nn4ccc5ccc6ccccc6c5c4c3c12. The van der Waals surface area contributed by atoms with E-state index < -0.39 is 0 Å². The van der Waals surface area contributed by atoms with E-state index >= 15 is 0 Å². The molecule has 7 rings (SSSR count). The van der Waals surface area contributed by atoms with Gasteiger partial charge in [-0.25, -0.2) is 4.52 Å². The van der Waals surface area contributed by atoms with E-state index in [-0.39, 0.29) is 0 Å². The summed E-state index contributed by atoms with van der Waals surface area (Å²) in [5.41, 5.74) is 2.23. The monoisotopic (exact) mass is 368 g/mol. The lowest BCUT2D eigenvalue weighted by Crippen LogP contribution is -1.88. The summed E-state index contributed by atoms with van der Waals surface area (Å²) in [6.07, 6.45) is 2.09. The molecule has 0 aliphatic heterocycles. The number of pyridine rings is 1. The van der Waals surface area contributed by atoms with Gasteiger partial charge in [-0.1, -0.05) is 78.9 Å². The number of rotatable bonds is 0. The molecule has 0 fully saturated rings. The van der Waals surface area contributed by atoms with Crippen LogP contribution in [0.5, 0.6) is 0 Å². The minimum Gasteiger partial charge on any atom is -0.239 e. The van der Waals surface area contributed by atoms with Gasteiger partial charge in [-0.15, -0.1) is 0 Å². The van der Waals surface area contributed by atoms with Crippen LogP contribution in [0.25, 0.3) is 59.5 Å². The second-order valence-corrected chi connectivity index (χ2v) is 7.70. The van der Waals surface area contributed by atoms with Crippen LogP contribution in [-0.2, 0) is 0 Å². The van der Waals surface area contributed by atoms with Crippen molar-refractivity contribution in [3.05, 3.63) is 97.2 Å². The Morgan fingerprint density at radius 1 is 0.483 bits per heavy atom. The van der Waals surface area contributed by atoms with E-state index in [0.717, 1.165) is 5.52 Å². The van der Waals surface area contributed by atoms with Gasteiger partial charge in [-0.3, -0.25) is 0 Å². The Bertz CT molecular complexity index is 1630. The fourth-order valence-corrected chi connectivity index (χ4v) is 4.88. The fourth-order valence-electron chi connectivity index (χ4n) is 4.88. The molecule has 0 amide bonds. The van der Waals surface area contributed by atoms with Crippen molar-refractivity contribution in [1.29, 1.82) is 0 Å². The van der Waals surface area contributed by atoms with Gasteiger partial charge in [-0.05, 0) is 44.5 Å². The molecule has 0 aliphatic rings. The van der Waals surface area contributed by atoms with Crippen LogP contribution in [0.2, 0.25) is 0 Å². The first-order chi connectivity index (χ1) is 14.4. The predicted molar refractivity (Wildman–Crippen MR) is 123 cm³/mol. The lowest BCUT2D eigenvalue weighted by atomic mass is 9.96. The van der Waals surface area contributed by atoms with E-state index in [9.17, 15) is 0 Å². The smallest absolute Gasteiger partial charge is 0.0940 e. The van der Waals surface area contributed by atoms with Gasteiger partial charge in [-0.2, -0.15) is 5.10 Å². The molecule has 0 saturated carbocycles. The van der Waals surface area contributed by atoms with Crippen molar-refractivity contribution in [3.63, 3.8) is 0 Å². The molecule has 5 aromatic carbocycles. The molecular weight excluding hydrogens is 352 g/mol. The molecular formula is C27H16N2. The molecule has 0 bridgehead atoms. The summed E-state index contributed by atoms with van der Waals surface area (Å²) in [6, 6.07) is 32.7. The molecule has 0 N–H and O–H groups in total. The lowest BCUT2D eigenvalue weighted by Gasteiger charge is -2.08. The van der Waals surface area contributed by atoms with Crippen molar-refractivity contribution in [2.75, 3.05) is 0 Å². The second kappa shape index (κ2) is 5.33. The number of hydrogen-bond acceptors (Lipinski definition) is 1. The van der Waals surface area contributed by atoms with E-state index in [2.05, 4.69) is 102 Å². The van der Waals surface area contributed by atoms with E-state index in [1.807, 2.05) is 0 Å². The molecule has 0 unspecified atom stereocenters. The van der Waals surface area contributed by atoms with Gasteiger partial charge in [0.05, 0.1) is 11.0 Å². The Morgan fingerprint density at radius 2 is 1.07 bits per heavy atom. The molecule has 0 spiro atoms. The first kappa shape index (κ1) is 15.1. The molecule has 29 heavy (non-hydrogen) atoms. The maximum absolute atomic E-state index is 4.95. The minimum atomic E-state index is 1.04. The molecule has 7 aromatic rings. The van der Waals surface area contributed by atoms with Crippen molar-refractivity contribution in [1.82, 2.24) is 9.61 Å². The summed E-state index contributed by atoms with van der Waals surface area (Å²) in [5.74, 6) is 0. The maximum atomic E-state index is 4.95. The Balaban J connectivity index is 1.88. The van der Waals surface area contributed by atoms with E-state index in [0.29, 0.717) is 0 Å². The molecule has 2 heteroatoms. The molecule has 134 valence electrons. The minimum absolute atomic E-state index is 1.04. The summed E-state index contributed by atoms with van der Waals surface area (Å²) < 4.78 is 2.06. The zero-order chi connectivity index (χ0) is 18.9. The van der Waals surface area contributed by atoms with E-state index in [1.165, 1.54) is 54.0 Å². The normalized spacial score (nSPS) is 12.1. The quantitative estimate of drug-likeness (QED) is 0.261. The van der Waals surface area contributed by atoms with Crippen LogP contribution < -0.4 is 0 Å². The zero-order valence-electron chi connectivity index (χ0n) is 15.6. The van der Waals surface area contributed by atoms with E-state index in [4.69, 9.17) is 5.10 Å². The van der Waals surface area contributed by atoms with Gasteiger partial charge in [0, 0.05) is 22.4 Å². The van der Waals surface area contributed by atoms with Crippen molar-refractivity contribution < 1.29 is 0 Å². The Kier molecular flexibility index (Phi) is 2.77. The summed E-state index contributed by atoms with van der Waals surface area (Å²) in [7, 11) is 0. The summed E-state index contributed by atoms with van der Waals surface area (Å²) >= 11 is 0. The van der Waals surface area contributed by atoms with Gasteiger partial charge in [0.25, 0.3) is 0 Å². The summed E-state index contributed by atoms with van der Waals surface area (Å²) in [6.45, 7) is 0. The van der Waals surface area contributed by atoms with Crippen LogP contribution in [0.3, 0.4) is 0 Å². The Labute approximate surface area is 166 Å². The number of fused-ring (bicyclic) bond motifs is 11. The van der Waals surface area contributed by atoms with Crippen LogP contribution in [0.4, 0.5) is 0 Å². The van der Waals surface area contributed by atoms with Crippen LogP contribution >= 0.6 is 0 Å². The Morgan fingerprint density at radius 3 is 1.83 bits per heavy atom. The third-order valence-electron chi connectivity index (χ3n) is 6.16. The van der Waals surface area contributed by atoms with Crippen molar-refractivity contribution in [2.24, 2.45) is 0 Å². The van der Waals surface area contributed by atoms with E-state index in [1.54, 1.807) is 0 Å². The Hall–Kier alpha value is -3.91. The molecule has 2 heterocycles. The van der Waals surface area contributed by atoms with Gasteiger partial charge < -0.3 is 0 Å². The largest absolute Gasteiger partial charge is 0.239 e. The van der Waals surface area contributed by atoms with Gasteiger partial charge >= 0.3 is 0 Å². The standard InChI is InChI=1S/C27H16N2/c1-3-7-21-17(5-1)9-11-19-13-14-23-26(24(19)21)27-25-20(15-16-29(27)28-23)12-10-18-6-2-4-8-22(18)25/h1-16H. The van der Waals surface area contributed by atoms with Crippen LogP contribution in [-0.4, -0.2) is 9.61 Å². The predicted octanol–water partition coefficient (Wildman–Crippen LogP) is 7.10. The van der Waals surface area contributed by atoms with Crippen LogP contribution in [0.1, 0.15) is 0 Å². The highest BCUT2D eigenvalue weighted by atomic mass is 15.2. The molecule has 0 saturated heterocycles. The molecule has 0 atom stereocenters. The first-order valence-corrected chi connectivity index (χ1v) is 9.91. The third kappa shape index (κ3) is 1.93. The topological polar surface area (TPSA) is 17.3 Å². The second-order valence-electron chi connectivity index (χ2n) is 7.70. The van der Waals surface area contributed by atoms with Crippen LogP contribution in [0.15, 0.2) is 97.2 Å². The van der Waals surface area contributed by atoms with Gasteiger partial charge in [0.2, 0.25) is 0 Å². The lowest BCUT2D eigenvalue weighted by molar-refractivity contribution is 0.988. The summed E-state index contributed by atoms with van der Waals surface area (Å²) in [4.78, 5) is 0. The number of benzene rings is 5. The average molecular weight is 368 g/mol. The number of aromatic nitrogens is 2. The maximum Gasteiger partial charge on any atom is 0.0940 e. The van der Waals surface area contributed by atoms with Crippen LogP contribution in [0, 0.1) is 0 Å². The zero-order valence-corrected chi connectivity index (χ0v) is 15.6. The highest BCUT2D eigenvalue weighted by Gasteiger charge is 2.15. The van der Waals surface area contributed by atoms with Gasteiger partial charge in [0.1, 0.15) is 0 Å². The first-order valence-electron chi connectivity index (χ1n) is 9.91. The highest BCUT2D eigenvalue weighted by molar-refractivity contribution is 6.30. The molecule has 2 aromatic heterocycles. The van der Waals surface area contributed by atoms with Crippen molar-refractivity contribution in [2.45, 2.75) is 0 Å². The van der Waals surface area contributed by atoms with Crippen molar-refractivity contribution >= 4 is 59.5 Å². The molecule has 0 radical (unpaired) electrons. The molecule has 2 nitrogen and oxygen atoms in total. The summed E-state index contributed by atoms with van der Waals surface area (Å²) in [5, 5.41) is 16.3.